The maximum Gasteiger partial charge on any atom is 0.256 e. The Bertz CT molecular complexity index is 486. The van der Waals surface area contributed by atoms with Crippen molar-refractivity contribution in [1.82, 2.24) is 4.90 Å². The SMILES string of the molecule is COCCN(CC(C)C)C(=O)c1cccc2c1NCCC2. The highest BCUT2D eigenvalue weighted by molar-refractivity contribution is 6.00. The Morgan fingerprint density at radius 2 is 2.24 bits per heavy atom. The van der Waals surface area contributed by atoms with Gasteiger partial charge in [0.2, 0.25) is 0 Å². The van der Waals surface area contributed by atoms with E-state index in [0.717, 1.165) is 37.2 Å². The van der Waals surface area contributed by atoms with Crippen LogP contribution in [-0.2, 0) is 11.2 Å². The van der Waals surface area contributed by atoms with Gasteiger partial charge in [0.1, 0.15) is 0 Å². The predicted octanol–water partition coefficient (Wildman–Crippen LogP) is 2.79. The number of carbonyl (C=O) groups is 1. The lowest BCUT2D eigenvalue weighted by molar-refractivity contribution is 0.0673. The largest absolute Gasteiger partial charge is 0.384 e. The van der Waals surface area contributed by atoms with E-state index in [-0.39, 0.29) is 5.91 Å². The van der Waals surface area contributed by atoms with Gasteiger partial charge >= 0.3 is 0 Å². The Labute approximate surface area is 127 Å². The molecule has 4 heteroatoms. The Kier molecular flexibility index (Phi) is 5.62. The predicted molar refractivity (Wildman–Crippen MR) is 85.9 cm³/mol. The number of ether oxygens (including phenoxy) is 1. The van der Waals surface area contributed by atoms with Crippen molar-refractivity contribution in [3.8, 4) is 0 Å². The summed E-state index contributed by atoms with van der Waals surface area (Å²) in [5, 5.41) is 3.40. The van der Waals surface area contributed by atoms with Gasteiger partial charge in [0, 0.05) is 26.7 Å². The Morgan fingerprint density at radius 3 is 2.95 bits per heavy atom. The molecule has 1 heterocycles. The van der Waals surface area contributed by atoms with Crippen LogP contribution in [0.4, 0.5) is 5.69 Å². The molecule has 0 radical (unpaired) electrons. The molecule has 0 bridgehead atoms. The van der Waals surface area contributed by atoms with Crippen LogP contribution in [-0.4, -0.2) is 44.2 Å². The Balaban J connectivity index is 2.23. The molecule has 1 amide bonds. The number of methoxy groups -OCH3 is 1. The van der Waals surface area contributed by atoms with Crippen molar-refractivity contribution in [3.05, 3.63) is 29.3 Å². The molecular formula is C17H26N2O2. The van der Waals surface area contributed by atoms with Crippen molar-refractivity contribution in [2.75, 3.05) is 38.7 Å². The number of anilines is 1. The van der Waals surface area contributed by atoms with E-state index in [2.05, 4.69) is 25.2 Å². The van der Waals surface area contributed by atoms with E-state index in [1.54, 1.807) is 7.11 Å². The van der Waals surface area contributed by atoms with Gasteiger partial charge in [-0.1, -0.05) is 26.0 Å². The molecule has 0 unspecified atom stereocenters. The van der Waals surface area contributed by atoms with Crippen LogP contribution in [0.15, 0.2) is 18.2 Å². The van der Waals surface area contributed by atoms with Gasteiger partial charge in [0.05, 0.1) is 17.9 Å². The van der Waals surface area contributed by atoms with E-state index in [0.29, 0.717) is 19.1 Å². The second-order valence-corrected chi connectivity index (χ2v) is 6.01. The molecular weight excluding hydrogens is 264 g/mol. The molecule has 0 atom stereocenters. The van der Waals surface area contributed by atoms with Crippen molar-refractivity contribution in [2.45, 2.75) is 26.7 Å². The number of nitrogens with one attached hydrogen (secondary N) is 1. The average molecular weight is 290 g/mol. The van der Waals surface area contributed by atoms with Crippen LogP contribution < -0.4 is 5.32 Å². The molecule has 0 saturated carbocycles. The average Bonchev–Trinajstić information content (AvgIpc) is 2.50. The molecule has 0 spiro atoms. The molecule has 4 nitrogen and oxygen atoms in total. The molecule has 1 aromatic carbocycles. The zero-order valence-corrected chi connectivity index (χ0v) is 13.3. The van der Waals surface area contributed by atoms with Crippen molar-refractivity contribution in [2.24, 2.45) is 5.92 Å². The summed E-state index contributed by atoms with van der Waals surface area (Å²) in [6.07, 6.45) is 2.18. The number of aryl methyl sites for hydroxylation is 1. The third kappa shape index (κ3) is 3.97. The number of nitrogens with zero attached hydrogens (tertiary/aromatic N) is 1. The van der Waals surface area contributed by atoms with Gasteiger partial charge < -0.3 is 15.0 Å². The van der Waals surface area contributed by atoms with Crippen LogP contribution in [0.25, 0.3) is 0 Å². The van der Waals surface area contributed by atoms with Crippen molar-refractivity contribution in [3.63, 3.8) is 0 Å². The number of benzene rings is 1. The molecule has 1 aliphatic heterocycles. The van der Waals surface area contributed by atoms with Gasteiger partial charge in [-0.25, -0.2) is 0 Å². The fraction of sp³-hybridized carbons (Fsp3) is 0.588. The van der Waals surface area contributed by atoms with E-state index in [1.807, 2.05) is 17.0 Å². The minimum atomic E-state index is 0.104. The van der Waals surface area contributed by atoms with Crippen LogP contribution in [0.5, 0.6) is 0 Å². The minimum absolute atomic E-state index is 0.104. The maximum atomic E-state index is 12.9. The van der Waals surface area contributed by atoms with Gasteiger partial charge in [0.15, 0.2) is 0 Å². The highest BCUT2D eigenvalue weighted by Crippen LogP contribution is 2.27. The molecule has 1 aromatic rings. The molecule has 2 rings (SSSR count). The lowest BCUT2D eigenvalue weighted by Gasteiger charge is -2.27. The van der Waals surface area contributed by atoms with Crippen LogP contribution in [0.1, 0.15) is 36.2 Å². The molecule has 0 fully saturated rings. The standard InChI is InChI=1S/C17H26N2O2/c1-13(2)12-19(10-11-21-3)17(20)15-8-4-6-14-7-5-9-18-16(14)15/h4,6,8,13,18H,5,7,9-12H2,1-3H3. The van der Waals surface area contributed by atoms with E-state index in [4.69, 9.17) is 4.74 Å². The van der Waals surface area contributed by atoms with Gasteiger partial charge in [-0.2, -0.15) is 0 Å². The zero-order valence-electron chi connectivity index (χ0n) is 13.3. The third-order valence-electron chi connectivity index (χ3n) is 3.74. The molecule has 116 valence electrons. The number of amides is 1. The highest BCUT2D eigenvalue weighted by Gasteiger charge is 2.22. The molecule has 0 saturated heterocycles. The van der Waals surface area contributed by atoms with Crippen molar-refractivity contribution < 1.29 is 9.53 Å². The fourth-order valence-electron chi connectivity index (χ4n) is 2.78. The molecule has 21 heavy (non-hydrogen) atoms. The summed E-state index contributed by atoms with van der Waals surface area (Å²) in [5.74, 6) is 0.547. The van der Waals surface area contributed by atoms with E-state index in [1.165, 1.54) is 5.56 Å². The maximum absolute atomic E-state index is 12.9. The molecule has 0 aliphatic carbocycles. The smallest absolute Gasteiger partial charge is 0.256 e. The van der Waals surface area contributed by atoms with Crippen LogP contribution >= 0.6 is 0 Å². The summed E-state index contributed by atoms with van der Waals surface area (Å²) in [6.45, 7) is 7.17. The van der Waals surface area contributed by atoms with Gasteiger partial charge in [0.25, 0.3) is 5.91 Å². The van der Waals surface area contributed by atoms with Crippen molar-refractivity contribution >= 4 is 11.6 Å². The minimum Gasteiger partial charge on any atom is -0.384 e. The van der Waals surface area contributed by atoms with Crippen molar-refractivity contribution in [1.29, 1.82) is 0 Å². The highest BCUT2D eigenvalue weighted by atomic mass is 16.5. The van der Waals surface area contributed by atoms with Gasteiger partial charge in [-0.15, -0.1) is 0 Å². The monoisotopic (exact) mass is 290 g/mol. The Hall–Kier alpha value is -1.55. The number of rotatable bonds is 6. The first-order valence-electron chi connectivity index (χ1n) is 7.77. The quantitative estimate of drug-likeness (QED) is 0.876. The summed E-state index contributed by atoms with van der Waals surface area (Å²) in [4.78, 5) is 14.8. The number of hydrogen-bond donors (Lipinski definition) is 1. The summed E-state index contributed by atoms with van der Waals surface area (Å²) >= 11 is 0. The second kappa shape index (κ2) is 7.46. The van der Waals surface area contributed by atoms with Crippen LogP contribution in [0, 0.1) is 5.92 Å². The summed E-state index contributed by atoms with van der Waals surface area (Å²) in [5.41, 5.74) is 3.08. The third-order valence-corrected chi connectivity index (χ3v) is 3.74. The second-order valence-electron chi connectivity index (χ2n) is 6.01. The van der Waals surface area contributed by atoms with Crippen LogP contribution in [0.3, 0.4) is 0 Å². The summed E-state index contributed by atoms with van der Waals surface area (Å²) in [7, 11) is 1.67. The zero-order chi connectivity index (χ0) is 15.2. The Morgan fingerprint density at radius 1 is 1.43 bits per heavy atom. The summed E-state index contributed by atoms with van der Waals surface area (Å²) in [6, 6.07) is 6.03. The molecule has 1 N–H and O–H groups in total. The topological polar surface area (TPSA) is 41.6 Å². The number of carbonyl (C=O) groups excluding carboxylic acids is 1. The first kappa shape index (κ1) is 15.8. The molecule has 1 aliphatic rings. The van der Waals surface area contributed by atoms with Gasteiger partial charge in [-0.05, 0) is 30.4 Å². The van der Waals surface area contributed by atoms with Gasteiger partial charge in [-0.3, -0.25) is 4.79 Å². The normalized spacial score (nSPS) is 13.7. The number of fused-ring (bicyclic) bond motifs is 1. The van der Waals surface area contributed by atoms with Crippen LogP contribution in [0.2, 0.25) is 0 Å². The molecule has 0 aromatic heterocycles. The van der Waals surface area contributed by atoms with E-state index >= 15 is 0 Å². The first-order valence-corrected chi connectivity index (χ1v) is 7.77. The lowest BCUT2D eigenvalue weighted by Crippen LogP contribution is -2.37. The van der Waals surface area contributed by atoms with E-state index < -0.39 is 0 Å². The lowest BCUT2D eigenvalue weighted by atomic mass is 9.98. The van der Waals surface area contributed by atoms with E-state index in [9.17, 15) is 4.79 Å². The first-order chi connectivity index (χ1) is 10.1. The number of hydrogen-bond acceptors (Lipinski definition) is 3. The summed E-state index contributed by atoms with van der Waals surface area (Å²) < 4.78 is 5.14. The number of para-hydroxylation sites is 1. The fourth-order valence-corrected chi connectivity index (χ4v) is 2.78.